The van der Waals surface area contributed by atoms with Crippen molar-refractivity contribution < 1.29 is 19.2 Å². The van der Waals surface area contributed by atoms with Crippen LogP contribution >= 0.6 is 0 Å². The highest BCUT2D eigenvalue weighted by atomic mass is 16.2. The van der Waals surface area contributed by atoms with Gasteiger partial charge in [-0.05, 0) is 37.6 Å². The molecule has 1 atom stereocenters. The minimum Gasteiger partial charge on any atom is -0.339 e. The van der Waals surface area contributed by atoms with Gasteiger partial charge in [-0.1, -0.05) is 30.3 Å². The molecule has 30 heavy (non-hydrogen) atoms. The van der Waals surface area contributed by atoms with Crippen LogP contribution in [0.4, 0.5) is 0 Å². The summed E-state index contributed by atoms with van der Waals surface area (Å²) < 4.78 is 0. The maximum Gasteiger partial charge on any atom is 0.262 e. The molecule has 1 fully saturated rings. The van der Waals surface area contributed by atoms with Gasteiger partial charge in [-0.15, -0.1) is 0 Å². The number of imide groups is 1. The van der Waals surface area contributed by atoms with E-state index in [-0.39, 0.29) is 11.8 Å². The summed E-state index contributed by atoms with van der Waals surface area (Å²) in [5.41, 5.74) is 1.28. The minimum absolute atomic E-state index is 0.0571. The SMILES string of the molecule is CC(C(=O)N1CCCN(C(=O)c2ccccc2)CC1)N1C(=O)c2ccccc2C1=O. The smallest absolute Gasteiger partial charge is 0.262 e. The fourth-order valence-electron chi connectivity index (χ4n) is 4.04. The molecule has 7 heteroatoms. The predicted molar refractivity (Wildman–Crippen MR) is 110 cm³/mol. The van der Waals surface area contributed by atoms with Crippen molar-refractivity contribution in [2.45, 2.75) is 19.4 Å². The van der Waals surface area contributed by atoms with E-state index in [1.165, 1.54) is 0 Å². The molecule has 2 aliphatic rings. The predicted octanol–water partition coefficient (Wildman–Crippen LogP) is 2.05. The van der Waals surface area contributed by atoms with E-state index in [1.807, 2.05) is 18.2 Å². The minimum atomic E-state index is -0.895. The summed E-state index contributed by atoms with van der Waals surface area (Å²) in [6.45, 7) is 3.39. The topological polar surface area (TPSA) is 78.0 Å². The van der Waals surface area contributed by atoms with Crippen molar-refractivity contribution in [3.05, 3.63) is 71.3 Å². The van der Waals surface area contributed by atoms with Crippen LogP contribution in [0.15, 0.2) is 54.6 Å². The van der Waals surface area contributed by atoms with E-state index in [2.05, 4.69) is 0 Å². The standard InChI is InChI=1S/C23H23N3O4/c1-16(26-22(29)18-10-5-6-11-19(18)23(26)30)20(27)24-12-7-13-25(15-14-24)21(28)17-8-3-2-4-9-17/h2-6,8-11,16H,7,12-15H2,1H3. The van der Waals surface area contributed by atoms with Crippen molar-refractivity contribution in [3.63, 3.8) is 0 Å². The Morgan fingerprint density at radius 1 is 0.767 bits per heavy atom. The first-order valence-electron chi connectivity index (χ1n) is 10.1. The number of nitrogens with zero attached hydrogens (tertiary/aromatic N) is 3. The fourth-order valence-corrected chi connectivity index (χ4v) is 4.04. The lowest BCUT2D eigenvalue weighted by Gasteiger charge is -2.28. The molecule has 0 aliphatic carbocycles. The normalized spacial score (nSPS) is 17.6. The number of carbonyl (C=O) groups is 4. The van der Waals surface area contributed by atoms with Crippen LogP contribution in [0.5, 0.6) is 0 Å². The maximum absolute atomic E-state index is 13.1. The molecule has 0 spiro atoms. The second kappa shape index (κ2) is 8.10. The zero-order valence-electron chi connectivity index (χ0n) is 16.8. The molecule has 7 nitrogen and oxygen atoms in total. The van der Waals surface area contributed by atoms with Gasteiger partial charge in [0.1, 0.15) is 6.04 Å². The number of carbonyl (C=O) groups excluding carboxylic acids is 4. The molecule has 0 radical (unpaired) electrons. The van der Waals surface area contributed by atoms with Crippen LogP contribution in [0.2, 0.25) is 0 Å². The lowest BCUT2D eigenvalue weighted by Crippen LogP contribution is -2.50. The van der Waals surface area contributed by atoms with Crippen molar-refractivity contribution in [1.82, 2.24) is 14.7 Å². The van der Waals surface area contributed by atoms with Crippen LogP contribution in [-0.4, -0.2) is 70.5 Å². The summed E-state index contributed by atoms with van der Waals surface area (Å²) in [7, 11) is 0. The monoisotopic (exact) mass is 405 g/mol. The Bertz CT molecular complexity index is 970. The lowest BCUT2D eigenvalue weighted by molar-refractivity contribution is -0.134. The molecule has 1 unspecified atom stereocenters. The third kappa shape index (κ3) is 3.47. The van der Waals surface area contributed by atoms with Gasteiger partial charge in [0, 0.05) is 31.7 Å². The van der Waals surface area contributed by atoms with Gasteiger partial charge in [0.05, 0.1) is 11.1 Å². The first-order chi connectivity index (χ1) is 14.5. The van der Waals surface area contributed by atoms with Crippen molar-refractivity contribution in [2.24, 2.45) is 0 Å². The average Bonchev–Trinajstić information content (AvgIpc) is 2.94. The van der Waals surface area contributed by atoms with E-state index in [0.717, 1.165) is 4.90 Å². The van der Waals surface area contributed by atoms with E-state index in [9.17, 15) is 19.2 Å². The maximum atomic E-state index is 13.1. The Morgan fingerprint density at radius 3 is 1.93 bits per heavy atom. The molecule has 0 bridgehead atoms. The molecule has 0 aromatic heterocycles. The van der Waals surface area contributed by atoms with E-state index in [1.54, 1.807) is 53.1 Å². The molecule has 2 heterocycles. The summed E-state index contributed by atoms with van der Waals surface area (Å²) in [6.07, 6.45) is 0.638. The summed E-state index contributed by atoms with van der Waals surface area (Å²) >= 11 is 0. The van der Waals surface area contributed by atoms with Gasteiger partial charge < -0.3 is 9.80 Å². The summed E-state index contributed by atoms with van der Waals surface area (Å²) in [5.74, 6) is -1.21. The van der Waals surface area contributed by atoms with Gasteiger partial charge >= 0.3 is 0 Å². The third-order valence-corrected chi connectivity index (χ3v) is 5.69. The van der Waals surface area contributed by atoms with E-state index >= 15 is 0 Å². The molecule has 2 aromatic rings. The first-order valence-corrected chi connectivity index (χ1v) is 10.1. The van der Waals surface area contributed by atoms with Crippen molar-refractivity contribution in [1.29, 1.82) is 0 Å². The van der Waals surface area contributed by atoms with Crippen molar-refractivity contribution >= 4 is 23.6 Å². The number of hydrogen-bond acceptors (Lipinski definition) is 4. The van der Waals surface area contributed by atoms with Crippen LogP contribution in [0.1, 0.15) is 44.4 Å². The van der Waals surface area contributed by atoms with Crippen LogP contribution in [-0.2, 0) is 4.79 Å². The van der Waals surface area contributed by atoms with Gasteiger partial charge in [0.2, 0.25) is 5.91 Å². The fraction of sp³-hybridized carbons (Fsp3) is 0.304. The Kier molecular flexibility index (Phi) is 5.35. The van der Waals surface area contributed by atoms with Crippen LogP contribution in [0.25, 0.3) is 0 Å². The second-order valence-electron chi connectivity index (χ2n) is 7.54. The molecule has 1 saturated heterocycles. The molecule has 4 amide bonds. The highest BCUT2D eigenvalue weighted by molar-refractivity contribution is 6.22. The summed E-state index contributed by atoms with van der Waals surface area (Å²) in [4.78, 5) is 55.6. The van der Waals surface area contributed by atoms with Gasteiger partial charge in [-0.2, -0.15) is 0 Å². The Morgan fingerprint density at radius 2 is 1.30 bits per heavy atom. The van der Waals surface area contributed by atoms with Crippen LogP contribution in [0, 0.1) is 0 Å². The Hall–Kier alpha value is -3.48. The third-order valence-electron chi connectivity index (χ3n) is 5.69. The molecular formula is C23H23N3O4. The Balaban J connectivity index is 1.44. The molecule has 0 saturated carbocycles. The number of fused-ring (bicyclic) bond motifs is 1. The first kappa shape index (κ1) is 19.8. The highest BCUT2D eigenvalue weighted by Crippen LogP contribution is 2.25. The van der Waals surface area contributed by atoms with Crippen LogP contribution in [0.3, 0.4) is 0 Å². The van der Waals surface area contributed by atoms with Gasteiger partial charge in [0.25, 0.3) is 17.7 Å². The van der Waals surface area contributed by atoms with Gasteiger partial charge in [-0.25, -0.2) is 0 Å². The number of amides is 4. The summed E-state index contributed by atoms with van der Waals surface area (Å²) in [6, 6.07) is 14.8. The molecular weight excluding hydrogens is 382 g/mol. The van der Waals surface area contributed by atoms with Crippen LogP contribution < -0.4 is 0 Å². The van der Waals surface area contributed by atoms with Gasteiger partial charge in [0.15, 0.2) is 0 Å². The lowest BCUT2D eigenvalue weighted by atomic mass is 10.1. The molecule has 2 aliphatic heterocycles. The van der Waals surface area contributed by atoms with E-state index < -0.39 is 17.9 Å². The zero-order chi connectivity index (χ0) is 21.3. The largest absolute Gasteiger partial charge is 0.339 e. The highest BCUT2D eigenvalue weighted by Gasteiger charge is 2.41. The zero-order valence-corrected chi connectivity index (χ0v) is 16.8. The van der Waals surface area contributed by atoms with Gasteiger partial charge in [-0.3, -0.25) is 24.1 Å². The van der Waals surface area contributed by atoms with Crippen molar-refractivity contribution in [3.8, 4) is 0 Å². The Labute approximate surface area is 174 Å². The number of benzene rings is 2. The number of hydrogen-bond donors (Lipinski definition) is 0. The van der Waals surface area contributed by atoms with E-state index in [0.29, 0.717) is 49.3 Å². The number of rotatable bonds is 3. The molecule has 0 N–H and O–H groups in total. The summed E-state index contributed by atoms with van der Waals surface area (Å²) in [5, 5.41) is 0. The molecule has 154 valence electrons. The average molecular weight is 405 g/mol. The van der Waals surface area contributed by atoms with Crippen molar-refractivity contribution in [2.75, 3.05) is 26.2 Å². The molecule has 4 rings (SSSR count). The molecule has 2 aromatic carbocycles. The quantitative estimate of drug-likeness (QED) is 0.733. The second-order valence-corrected chi connectivity index (χ2v) is 7.54. The van der Waals surface area contributed by atoms with E-state index in [4.69, 9.17) is 0 Å².